The number of benzene rings is 1. The van der Waals surface area contributed by atoms with Crippen LogP contribution in [0.15, 0.2) is 41.1 Å². The number of rotatable bonds is 6. The summed E-state index contributed by atoms with van der Waals surface area (Å²) in [6.07, 6.45) is -1.16. The van der Waals surface area contributed by atoms with Crippen molar-refractivity contribution in [3.05, 3.63) is 58.4 Å². The van der Waals surface area contributed by atoms with Gasteiger partial charge in [-0.1, -0.05) is 6.07 Å². The maximum atomic E-state index is 13.2. The number of carbonyl (C=O) groups excluding carboxylic acids is 2. The van der Waals surface area contributed by atoms with Crippen LogP contribution in [-0.2, 0) is 20.7 Å². The second-order valence-corrected chi connectivity index (χ2v) is 7.35. The first-order valence-electron chi connectivity index (χ1n) is 7.86. The van der Waals surface area contributed by atoms with Gasteiger partial charge in [-0.2, -0.15) is 0 Å². The minimum atomic E-state index is -1.10. The lowest BCUT2D eigenvalue weighted by Gasteiger charge is -2.13. The molecule has 0 radical (unpaired) electrons. The van der Waals surface area contributed by atoms with Crippen molar-refractivity contribution in [2.75, 3.05) is 5.32 Å². The fourth-order valence-corrected chi connectivity index (χ4v) is 3.79. The van der Waals surface area contributed by atoms with E-state index in [2.05, 4.69) is 10.3 Å². The molecule has 0 aliphatic carbocycles. The highest BCUT2D eigenvalue weighted by Crippen LogP contribution is 2.28. The van der Waals surface area contributed by atoms with Gasteiger partial charge in [0.25, 0.3) is 5.91 Å². The van der Waals surface area contributed by atoms with Crippen molar-refractivity contribution < 1.29 is 23.1 Å². The first kappa shape index (κ1) is 19.1. The summed E-state index contributed by atoms with van der Waals surface area (Å²) in [6.45, 7) is 1.39. The summed E-state index contributed by atoms with van der Waals surface area (Å²) >= 11 is 2.98. The Labute approximate surface area is 161 Å². The second kappa shape index (κ2) is 8.36. The molecule has 140 valence electrons. The van der Waals surface area contributed by atoms with Crippen LogP contribution in [0.2, 0.25) is 0 Å². The summed E-state index contributed by atoms with van der Waals surface area (Å²) in [5, 5.41) is 6.89. The van der Waals surface area contributed by atoms with Gasteiger partial charge in [0, 0.05) is 17.1 Å². The van der Waals surface area contributed by atoms with Gasteiger partial charge in [0.1, 0.15) is 5.01 Å². The molecule has 27 heavy (non-hydrogen) atoms. The lowest BCUT2D eigenvalue weighted by atomic mass is 10.2. The molecule has 3 rings (SSSR count). The van der Waals surface area contributed by atoms with Gasteiger partial charge in [-0.05, 0) is 30.5 Å². The molecule has 1 amide bonds. The van der Waals surface area contributed by atoms with E-state index in [0.717, 1.165) is 22.0 Å². The van der Waals surface area contributed by atoms with E-state index in [0.29, 0.717) is 5.69 Å². The van der Waals surface area contributed by atoms with Crippen LogP contribution in [0.25, 0.3) is 9.88 Å². The third-order valence-corrected chi connectivity index (χ3v) is 5.40. The van der Waals surface area contributed by atoms with E-state index in [9.17, 15) is 18.4 Å². The number of ether oxygens (including phenoxy) is 1. The third-order valence-electron chi connectivity index (χ3n) is 3.47. The molecule has 2 aromatic heterocycles. The lowest BCUT2D eigenvalue weighted by molar-refractivity contribution is -0.152. The number of esters is 1. The number of amides is 1. The first-order valence-corrected chi connectivity index (χ1v) is 9.62. The Morgan fingerprint density at radius 1 is 1.22 bits per heavy atom. The van der Waals surface area contributed by atoms with Crippen molar-refractivity contribution in [1.82, 2.24) is 4.98 Å². The maximum Gasteiger partial charge on any atom is 0.312 e. The maximum absolute atomic E-state index is 13.2. The number of nitrogens with zero attached hydrogens (tertiary/aromatic N) is 1. The number of anilines is 1. The average Bonchev–Trinajstić information content (AvgIpc) is 3.29. The third kappa shape index (κ3) is 4.95. The zero-order valence-corrected chi connectivity index (χ0v) is 15.7. The quantitative estimate of drug-likeness (QED) is 0.619. The first-order chi connectivity index (χ1) is 12.9. The van der Waals surface area contributed by atoms with E-state index in [-0.39, 0.29) is 12.1 Å². The highest BCUT2D eigenvalue weighted by molar-refractivity contribution is 7.20. The van der Waals surface area contributed by atoms with Crippen LogP contribution >= 0.6 is 22.7 Å². The SMILES string of the molecule is C[C@H](OC(=O)Cc1csc(-c2cccs2)n1)C(=O)Nc1ccc(F)c(F)c1. The molecule has 0 aliphatic heterocycles. The number of hydrogen-bond donors (Lipinski definition) is 1. The number of hydrogen-bond acceptors (Lipinski definition) is 6. The van der Waals surface area contributed by atoms with Crippen molar-refractivity contribution >= 4 is 40.2 Å². The van der Waals surface area contributed by atoms with Crippen LogP contribution in [0.3, 0.4) is 0 Å². The van der Waals surface area contributed by atoms with Crippen LogP contribution in [0.1, 0.15) is 12.6 Å². The van der Waals surface area contributed by atoms with Crippen LogP contribution in [-0.4, -0.2) is 23.0 Å². The molecule has 0 spiro atoms. The molecular formula is C18H14F2N2O3S2. The molecular weight excluding hydrogens is 394 g/mol. The summed E-state index contributed by atoms with van der Waals surface area (Å²) in [4.78, 5) is 29.5. The Morgan fingerprint density at radius 2 is 2.04 bits per heavy atom. The predicted octanol–water partition coefficient (Wildman–Crippen LogP) is 4.26. The molecule has 0 saturated carbocycles. The summed E-state index contributed by atoms with van der Waals surface area (Å²) in [6, 6.07) is 6.82. The summed E-state index contributed by atoms with van der Waals surface area (Å²) in [5.74, 6) is -3.35. The molecule has 0 unspecified atom stereocenters. The smallest absolute Gasteiger partial charge is 0.312 e. The van der Waals surface area contributed by atoms with Crippen molar-refractivity contribution in [3.8, 4) is 9.88 Å². The van der Waals surface area contributed by atoms with E-state index in [1.807, 2.05) is 17.5 Å². The van der Waals surface area contributed by atoms with Crippen LogP contribution in [0.5, 0.6) is 0 Å². The van der Waals surface area contributed by atoms with Gasteiger partial charge in [0.15, 0.2) is 17.7 Å². The minimum Gasteiger partial charge on any atom is -0.452 e. The average molecular weight is 408 g/mol. The molecule has 1 N–H and O–H groups in total. The molecule has 1 atom stereocenters. The van der Waals surface area contributed by atoms with Gasteiger partial charge in [-0.15, -0.1) is 22.7 Å². The summed E-state index contributed by atoms with van der Waals surface area (Å²) in [7, 11) is 0. The van der Waals surface area contributed by atoms with E-state index < -0.39 is 29.6 Å². The van der Waals surface area contributed by atoms with Crippen LogP contribution in [0.4, 0.5) is 14.5 Å². The summed E-state index contributed by atoms with van der Waals surface area (Å²) in [5.41, 5.74) is 0.628. The Hall–Kier alpha value is -2.65. The topological polar surface area (TPSA) is 68.3 Å². The number of halogens is 2. The molecule has 0 bridgehead atoms. The predicted molar refractivity (Wildman–Crippen MR) is 99.7 cm³/mol. The largest absolute Gasteiger partial charge is 0.452 e. The molecule has 3 aromatic rings. The van der Waals surface area contributed by atoms with Crippen molar-refractivity contribution in [3.63, 3.8) is 0 Å². The number of nitrogens with one attached hydrogen (secondary N) is 1. The normalized spacial score (nSPS) is 11.8. The van der Waals surface area contributed by atoms with Crippen LogP contribution < -0.4 is 5.32 Å². The minimum absolute atomic E-state index is 0.0648. The monoisotopic (exact) mass is 408 g/mol. The number of aromatic nitrogens is 1. The Balaban J connectivity index is 1.53. The molecule has 0 fully saturated rings. The van der Waals surface area contributed by atoms with Gasteiger partial charge in [-0.25, -0.2) is 13.8 Å². The highest BCUT2D eigenvalue weighted by Gasteiger charge is 2.19. The van der Waals surface area contributed by atoms with E-state index in [1.165, 1.54) is 24.3 Å². The molecule has 0 saturated heterocycles. The summed E-state index contributed by atoms with van der Waals surface area (Å²) < 4.78 is 31.2. The van der Waals surface area contributed by atoms with Crippen molar-refractivity contribution in [1.29, 1.82) is 0 Å². The fraction of sp³-hybridized carbons (Fsp3) is 0.167. The Bertz CT molecular complexity index is 957. The van der Waals surface area contributed by atoms with Gasteiger partial charge in [-0.3, -0.25) is 9.59 Å². The van der Waals surface area contributed by atoms with Gasteiger partial charge in [0.05, 0.1) is 17.0 Å². The standard InChI is InChI=1S/C18H14F2N2O3S2/c1-10(17(24)21-11-4-5-13(19)14(20)7-11)25-16(23)8-12-9-27-18(22-12)15-3-2-6-26-15/h2-7,9-10H,8H2,1H3,(H,21,24)/t10-/m0/s1. The van der Waals surface area contributed by atoms with Crippen molar-refractivity contribution in [2.45, 2.75) is 19.4 Å². The van der Waals surface area contributed by atoms with Crippen molar-refractivity contribution in [2.24, 2.45) is 0 Å². The zero-order chi connectivity index (χ0) is 19.4. The molecule has 0 aliphatic rings. The van der Waals surface area contributed by atoms with Gasteiger partial charge in [0.2, 0.25) is 0 Å². The Kier molecular flexibility index (Phi) is 5.92. The molecule has 9 heteroatoms. The zero-order valence-electron chi connectivity index (χ0n) is 14.1. The molecule has 1 aromatic carbocycles. The molecule has 5 nitrogen and oxygen atoms in total. The number of thiophene rings is 1. The van der Waals surface area contributed by atoms with Gasteiger partial charge >= 0.3 is 5.97 Å². The van der Waals surface area contributed by atoms with Crippen LogP contribution in [0, 0.1) is 11.6 Å². The molecule has 2 heterocycles. The van der Waals surface area contributed by atoms with E-state index in [4.69, 9.17) is 4.74 Å². The Morgan fingerprint density at radius 3 is 2.74 bits per heavy atom. The lowest BCUT2D eigenvalue weighted by Crippen LogP contribution is -2.30. The number of carbonyl (C=O) groups is 2. The van der Waals surface area contributed by atoms with Gasteiger partial charge < -0.3 is 10.1 Å². The van der Waals surface area contributed by atoms with E-state index >= 15 is 0 Å². The second-order valence-electron chi connectivity index (χ2n) is 5.55. The number of thiazole rings is 1. The van der Waals surface area contributed by atoms with E-state index in [1.54, 1.807) is 16.7 Å². The highest BCUT2D eigenvalue weighted by atomic mass is 32.1. The fourth-order valence-electron chi connectivity index (χ4n) is 2.16.